The van der Waals surface area contributed by atoms with Gasteiger partial charge in [0.2, 0.25) is 0 Å². The van der Waals surface area contributed by atoms with Crippen molar-refractivity contribution < 1.29 is 18.7 Å². The molecule has 1 amide bonds. The van der Waals surface area contributed by atoms with Gasteiger partial charge in [-0.3, -0.25) is 9.59 Å². The van der Waals surface area contributed by atoms with Gasteiger partial charge >= 0.3 is 5.97 Å². The number of rotatable bonds is 7. The van der Waals surface area contributed by atoms with E-state index < -0.39 is 12.1 Å². The van der Waals surface area contributed by atoms with E-state index >= 15 is 0 Å². The molecule has 7 nitrogen and oxygen atoms in total. The van der Waals surface area contributed by atoms with Gasteiger partial charge in [0.05, 0.1) is 5.75 Å². The number of nitrogens with zero attached hydrogens (tertiary/aromatic N) is 2. The zero-order valence-electron chi connectivity index (χ0n) is 14.1. The second-order valence-electron chi connectivity index (χ2n) is 5.41. The number of fused-ring (bicyclic) bond motifs is 3. The number of ether oxygens (including phenoxy) is 1. The predicted molar refractivity (Wildman–Crippen MR) is 98.8 cm³/mol. The van der Waals surface area contributed by atoms with Gasteiger partial charge in [0.15, 0.2) is 11.7 Å². The average Bonchev–Trinajstić information content (AvgIpc) is 3.03. The van der Waals surface area contributed by atoms with E-state index in [1.54, 1.807) is 6.08 Å². The highest BCUT2D eigenvalue weighted by atomic mass is 32.2. The van der Waals surface area contributed by atoms with Crippen LogP contribution >= 0.6 is 11.8 Å². The van der Waals surface area contributed by atoms with Crippen molar-refractivity contribution in [2.24, 2.45) is 0 Å². The maximum Gasteiger partial charge on any atom is 0.317 e. The third-order valence-corrected chi connectivity index (χ3v) is 4.49. The van der Waals surface area contributed by atoms with Crippen molar-refractivity contribution in [1.29, 1.82) is 0 Å². The third kappa shape index (κ3) is 3.85. The van der Waals surface area contributed by atoms with E-state index in [1.807, 2.05) is 24.3 Å². The van der Waals surface area contributed by atoms with Crippen LogP contribution in [0.3, 0.4) is 0 Å². The molecule has 0 saturated heterocycles. The van der Waals surface area contributed by atoms with E-state index in [-0.39, 0.29) is 11.7 Å². The molecule has 1 N–H and O–H groups in total. The van der Waals surface area contributed by atoms with Gasteiger partial charge in [0.25, 0.3) is 5.91 Å². The van der Waals surface area contributed by atoms with E-state index in [0.717, 1.165) is 5.39 Å². The highest BCUT2D eigenvalue weighted by Crippen LogP contribution is 2.32. The van der Waals surface area contributed by atoms with Crippen LogP contribution in [0.4, 0.5) is 0 Å². The summed E-state index contributed by atoms with van der Waals surface area (Å²) < 4.78 is 10.9. The van der Waals surface area contributed by atoms with E-state index in [0.29, 0.717) is 28.3 Å². The van der Waals surface area contributed by atoms with Gasteiger partial charge in [-0.25, -0.2) is 9.97 Å². The van der Waals surface area contributed by atoms with Gasteiger partial charge in [-0.15, -0.1) is 6.58 Å². The van der Waals surface area contributed by atoms with E-state index in [4.69, 9.17) is 9.15 Å². The summed E-state index contributed by atoms with van der Waals surface area (Å²) in [6.45, 7) is 5.35. The molecule has 134 valence electrons. The largest absolute Gasteiger partial charge is 0.452 e. The first-order valence-corrected chi connectivity index (χ1v) is 8.92. The van der Waals surface area contributed by atoms with Gasteiger partial charge in [0.1, 0.15) is 22.5 Å². The number of para-hydroxylation sites is 1. The first-order valence-electron chi connectivity index (χ1n) is 7.93. The summed E-state index contributed by atoms with van der Waals surface area (Å²) in [4.78, 5) is 32.2. The van der Waals surface area contributed by atoms with Crippen LogP contribution < -0.4 is 5.32 Å². The van der Waals surface area contributed by atoms with Crippen molar-refractivity contribution in [2.75, 3.05) is 12.3 Å². The minimum absolute atomic E-state index is 0.00222. The molecule has 0 aliphatic rings. The summed E-state index contributed by atoms with van der Waals surface area (Å²) in [5, 5.41) is 4.01. The third-order valence-electron chi connectivity index (χ3n) is 3.55. The smallest absolute Gasteiger partial charge is 0.317 e. The second kappa shape index (κ2) is 8.01. The number of carbonyl (C=O) groups excluding carboxylic acids is 2. The van der Waals surface area contributed by atoms with Gasteiger partial charge in [0, 0.05) is 11.9 Å². The zero-order valence-corrected chi connectivity index (χ0v) is 14.9. The number of nitrogens with one attached hydrogen (secondary N) is 1. The van der Waals surface area contributed by atoms with Gasteiger partial charge < -0.3 is 14.5 Å². The van der Waals surface area contributed by atoms with Crippen LogP contribution in [0.25, 0.3) is 22.1 Å². The maximum atomic E-state index is 12.0. The van der Waals surface area contributed by atoms with E-state index in [1.165, 1.54) is 25.0 Å². The highest BCUT2D eigenvalue weighted by Gasteiger charge is 2.19. The van der Waals surface area contributed by atoms with E-state index in [2.05, 4.69) is 21.9 Å². The molecule has 1 atom stereocenters. The first kappa shape index (κ1) is 17.9. The molecule has 8 heteroatoms. The molecular formula is C18H17N3O4S. The maximum absolute atomic E-state index is 12.0. The summed E-state index contributed by atoms with van der Waals surface area (Å²) in [7, 11) is 0. The van der Waals surface area contributed by atoms with Crippen LogP contribution in [0, 0.1) is 0 Å². The molecule has 0 bridgehead atoms. The SMILES string of the molecule is C=CCNC(=O)[C@H](C)OC(=O)CSc1ncnc2c1oc1ccccc12. The van der Waals surface area contributed by atoms with Crippen LogP contribution in [0.15, 0.2) is 52.7 Å². The molecule has 0 fully saturated rings. The Kier molecular flexibility index (Phi) is 5.52. The molecule has 26 heavy (non-hydrogen) atoms. The molecule has 3 rings (SSSR count). The monoisotopic (exact) mass is 371 g/mol. The summed E-state index contributed by atoms with van der Waals surface area (Å²) in [5.41, 5.74) is 1.94. The first-order chi connectivity index (χ1) is 12.6. The number of thioether (sulfide) groups is 1. The average molecular weight is 371 g/mol. The predicted octanol–water partition coefficient (Wildman–Crippen LogP) is 2.70. The number of amides is 1. The fourth-order valence-corrected chi connectivity index (χ4v) is 3.05. The molecule has 2 aromatic heterocycles. The molecule has 0 radical (unpaired) electrons. The Bertz CT molecular complexity index is 969. The Morgan fingerprint density at radius 2 is 2.19 bits per heavy atom. The molecule has 0 spiro atoms. The summed E-state index contributed by atoms with van der Waals surface area (Å²) in [5.74, 6) is -0.883. The Labute approximate surface area is 153 Å². The van der Waals surface area contributed by atoms with Crippen LogP contribution in [0.1, 0.15) is 6.92 Å². The van der Waals surface area contributed by atoms with Crippen LogP contribution in [-0.2, 0) is 14.3 Å². The Balaban J connectivity index is 1.67. The summed E-state index contributed by atoms with van der Waals surface area (Å²) in [6, 6.07) is 7.55. The van der Waals surface area contributed by atoms with Gasteiger partial charge in [-0.1, -0.05) is 30.0 Å². The minimum Gasteiger partial charge on any atom is -0.452 e. The number of hydrogen-bond donors (Lipinski definition) is 1. The van der Waals surface area contributed by atoms with Crippen LogP contribution in [-0.4, -0.2) is 40.2 Å². The lowest BCUT2D eigenvalue weighted by molar-refractivity contribution is -0.152. The standard InChI is InChI=1S/C18H17N3O4S/c1-3-8-19-17(23)11(2)24-14(22)9-26-18-16-15(20-10-21-18)12-6-4-5-7-13(12)25-16/h3-7,10-11H,1,8-9H2,2H3,(H,19,23)/t11-/m0/s1. The molecular weight excluding hydrogens is 354 g/mol. The Morgan fingerprint density at radius 1 is 1.38 bits per heavy atom. The number of benzene rings is 1. The fraction of sp³-hybridized carbons (Fsp3) is 0.222. The molecule has 1 aromatic carbocycles. The van der Waals surface area contributed by atoms with Crippen molar-refractivity contribution >= 4 is 45.7 Å². The number of furan rings is 1. The van der Waals surface area contributed by atoms with E-state index in [9.17, 15) is 9.59 Å². The van der Waals surface area contributed by atoms with Crippen molar-refractivity contribution in [2.45, 2.75) is 18.1 Å². The minimum atomic E-state index is -0.875. The number of carbonyl (C=O) groups is 2. The molecule has 2 heterocycles. The van der Waals surface area contributed by atoms with Gasteiger partial charge in [-0.05, 0) is 19.1 Å². The van der Waals surface area contributed by atoms with Crippen molar-refractivity contribution in [3.05, 3.63) is 43.2 Å². The normalized spacial score (nSPS) is 12.0. The Hall–Kier alpha value is -2.87. The summed E-state index contributed by atoms with van der Waals surface area (Å²) >= 11 is 1.18. The lowest BCUT2D eigenvalue weighted by atomic mass is 10.2. The highest BCUT2D eigenvalue weighted by molar-refractivity contribution is 8.00. The number of esters is 1. The number of hydrogen-bond acceptors (Lipinski definition) is 7. The topological polar surface area (TPSA) is 94.3 Å². The van der Waals surface area contributed by atoms with Crippen molar-refractivity contribution in [3.63, 3.8) is 0 Å². The van der Waals surface area contributed by atoms with Crippen LogP contribution in [0.5, 0.6) is 0 Å². The fourth-order valence-electron chi connectivity index (χ4n) is 2.33. The molecule has 3 aromatic rings. The second-order valence-corrected chi connectivity index (χ2v) is 6.37. The molecule has 0 saturated carbocycles. The van der Waals surface area contributed by atoms with Crippen molar-refractivity contribution in [3.8, 4) is 0 Å². The van der Waals surface area contributed by atoms with Crippen molar-refractivity contribution in [1.82, 2.24) is 15.3 Å². The lowest BCUT2D eigenvalue weighted by Crippen LogP contribution is -2.36. The Morgan fingerprint density at radius 3 is 3.00 bits per heavy atom. The van der Waals surface area contributed by atoms with Gasteiger partial charge in [-0.2, -0.15) is 0 Å². The number of aromatic nitrogens is 2. The molecule has 0 aliphatic carbocycles. The quantitative estimate of drug-likeness (QED) is 0.295. The molecule has 0 unspecified atom stereocenters. The lowest BCUT2D eigenvalue weighted by Gasteiger charge is -2.12. The summed E-state index contributed by atoms with van der Waals surface area (Å²) in [6.07, 6.45) is 2.11. The van der Waals surface area contributed by atoms with Crippen LogP contribution in [0.2, 0.25) is 0 Å². The zero-order chi connectivity index (χ0) is 18.5. The molecule has 0 aliphatic heterocycles.